The normalized spacial score (nSPS) is 11.2. The van der Waals surface area contributed by atoms with Gasteiger partial charge in [0.25, 0.3) is 15.9 Å². The Hall–Kier alpha value is -2.75. The predicted octanol–water partition coefficient (Wildman–Crippen LogP) is 2.75. The minimum atomic E-state index is -3.74. The Bertz CT molecular complexity index is 1020. The van der Waals surface area contributed by atoms with E-state index in [0.717, 1.165) is 20.5 Å². The number of aromatic nitrogens is 1. The molecule has 2 N–H and O–H groups in total. The second-order valence-corrected chi connectivity index (χ2v) is 8.57. The highest BCUT2D eigenvalue weighted by atomic mass is 32.2. The summed E-state index contributed by atoms with van der Waals surface area (Å²) in [5.74, 6) is -0.666. The van der Waals surface area contributed by atoms with Crippen molar-refractivity contribution in [2.45, 2.75) is 4.21 Å². The number of hydrogen-bond donors (Lipinski definition) is 2. The Morgan fingerprint density at radius 2 is 1.85 bits per heavy atom. The summed E-state index contributed by atoms with van der Waals surface area (Å²) >= 11 is 1.14. The third-order valence-corrected chi connectivity index (χ3v) is 7.07. The molecular weight excluding hydrogens is 374 g/mol. The van der Waals surface area contributed by atoms with Crippen LogP contribution in [0.2, 0.25) is 0 Å². The number of nitrogens with zero attached hydrogens (tertiary/aromatic N) is 2. The van der Waals surface area contributed by atoms with E-state index in [0.29, 0.717) is 11.4 Å². The third-order valence-electron chi connectivity index (χ3n) is 3.71. The fraction of sp³-hybridized carbons (Fsp3) is 0.0588. The monoisotopic (exact) mass is 389 g/mol. The highest BCUT2D eigenvalue weighted by molar-refractivity contribution is 7.94. The standard InChI is InChI=1S/C17H15N3O4S2/c1-20(13-7-5-12(6-8-13)17(21)19-22)26(23,24)16-10-9-15(25-16)14-4-2-3-11-18-14/h2-11,22H,1H3,(H,19,21). The summed E-state index contributed by atoms with van der Waals surface area (Å²) in [4.78, 5) is 16.3. The average molecular weight is 389 g/mol. The molecular formula is C17H15N3O4S2. The van der Waals surface area contributed by atoms with E-state index in [1.807, 2.05) is 12.1 Å². The van der Waals surface area contributed by atoms with Crippen molar-refractivity contribution >= 4 is 33.0 Å². The summed E-state index contributed by atoms with van der Waals surface area (Å²) in [5.41, 5.74) is 2.85. The van der Waals surface area contributed by atoms with Gasteiger partial charge < -0.3 is 0 Å². The number of anilines is 1. The van der Waals surface area contributed by atoms with Gasteiger partial charge in [0.2, 0.25) is 0 Å². The Balaban J connectivity index is 1.88. The van der Waals surface area contributed by atoms with Gasteiger partial charge in [-0.05, 0) is 48.5 Å². The van der Waals surface area contributed by atoms with Gasteiger partial charge in [0, 0.05) is 18.8 Å². The van der Waals surface area contributed by atoms with Crippen LogP contribution in [0.4, 0.5) is 5.69 Å². The van der Waals surface area contributed by atoms with E-state index >= 15 is 0 Å². The van der Waals surface area contributed by atoms with Crippen molar-refractivity contribution in [1.29, 1.82) is 0 Å². The molecule has 0 aliphatic rings. The van der Waals surface area contributed by atoms with Crippen LogP contribution in [-0.2, 0) is 10.0 Å². The molecule has 0 atom stereocenters. The van der Waals surface area contributed by atoms with Crippen LogP contribution in [0, 0.1) is 0 Å². The number of carbonyl (C=O) groups excluding carboxylic acids is 1. The molecule has 1 amide bonds. The van der Waals surface area contributed by atoms with Crippen LogP contribution in [0.5, 0.6) is 0 Å². The van der Waals surface area contributed by atoms with E-state index in [1.54, 1.807) is 24.4 Å². The lowest BCUT2D eigenvalue weighted by Gasteiger charge is -2.18. The van der Waals surface area contributed by atoms with Crippen molar-refractivity contribution in [2.24, 2.45) is 0 Å². The van der Waals surface area contributed by atoms with E-state index in [4.69, 9.17) is 5.21 Å². The smallest absolute Gasteiger partial charge is 0.274 e. The van der Waals surface area contributed by atoms with E-state index in [1.165, 1.54) is 36.8 Å². The first kappa shape index (κ1) is 18.1. The van der Waals surface area contributed by atoms with Crippen LogP contribution < -0.4 is 9.79 Å². The summed E-state index contributed by atoms with van der Waals surface area (Å²) in [7, 11) is -2.30. The lowest BCUT2D eigenvalue weighted by Crippen LogP contribution is -2.26. The number of sulfonamides is 1. The van der Waals surface area contributed by atoms with E-state index in [9.17, 15) is 13.2 Å². The molecule has 7 nitrogen and oxygen atoms in total. The summed E-state index contributed by atoms with van der Waals surface area (Å²) in [6.07, 6.45) is 1.65. The molecule has 2 aromatic heterocycles. The van der Waals surface area contributed by atoms with Crippen LogP contribution >= 0.6 is 11.3 Å². The first-order valence-electron chi connectivity index (χ1n) is 7.48. The van der Waals surface area contributed by atoms with E-state index in [-0.39, 0.29) is 9.77 Å². The molecule has 0 spiro atoms. The summed E-state index contributed by atoms with van der Waals surface area (Å²) in [6, 6.07) is 14.6. The van der Waals surface area contributed by atoms with Gasteiger partial charge in [0.05, 0.1) is 16.3 Å². The number of hydrogen-bond acceptors (Lipinski definition) is 6. The molecule has 0 unspecified atom stereocenters. The molecule has 26 heavy (non-hydrogen) atoms. The largest absolute Gasteiger partial charge is 0.288 e. The highest BCUT2D eigenvalue weighted by Crippen LogP contribution is 2.32. The predicted molar refractivity (Wildman–Crippen MR) is 98.8 cm³/mol. The average Bonchev–Trinajstić information content (AvgIpc) is 3.18. The molecule has 3 aromatic rings. The van der Waals surface area contributed by atoms with Gasteiger partial charge in [-0.15, -0.1) is 11.3 Å². The van der Waals surface area contributed by atoms with Gasteiger partial charge in [-0.25, -0.2) is 13.9 Å². The third kappa shape index (κ3) is 3.45. The van der Waals surface area contributed by atoms with Crippen molar-refractivity contribution in [1.82, 2.24) is 10.5 Å². The maximum Gasteiger partial charge on any atom is 0.274 e. The number of carbonyl (C=O) groups is 1. The molecule has 9 heteroatoms. The Kier molecular flexibility index (Phi) is 5.03. The molecule has 0 fully saturated rings. The first-order chi connectivity index (χ1) is 12.4. The Morgan fingerprint density at radius 1 is 1.12 bits per heavy atom. The fourth-order valence-corrected chi connectivity index (χ4v) is 4.92. The maximum atomic E-state index is 12.8. The maximum absolute atomic E-state index is 12.8. The van der Waals surface area contributed by atoms with Crippen LogP contribution in [0.15, 0.2) is 65.0 Å². The molecule has 0 saturated heterocycles. The zero-order valence-electron chi connectivity index (χ0n) is 13.7. The molecule has 0 radical (unpaired) electrons. The van der Waals surface area contributed by atoms with Crippen LogP contribution in [0.1, 0.15) is 10.4 Å². The molecule has 3 rings (SSSR count). The van der Waals surface area contributed by atoms with Gasteiger partial charge >= 0.3 is 0 Å². The van der Waals surface area contributed by atoms with Crippen molar-refractivity contribution in [3.05, 3.63) is 66.4 Å². The van der Waals surface area contributed by atoms with Crippen LogP contribution in [-0.4, -0.2) is 31.6 Å². The van der Waals surface area contributed by atoms with Gasteiger partial charge in [0.15, 0.2) is 0 Å². The Morgan fingerprint density at radius 3 is 2.46 bits per heavy atom. The minimum Gasteiger partial charge on any atom is -0.288 e. The quantitative estimate of drug-likeness (QED) is 0.516. The number of thiophene rings is 1. The minimum absolute atomic E-state index is 0.192. The molecule has 0 aliphatic carbocycles. The number of benzene rings is 1. The van der Waals surface area contributed by atoms with Crippen molar-refractivity contribution in [2.75, 3.05) is 11.4 Å². The molecule has 2 heterocycles. The van der Waals surface area contributed by atoms with Crippen LogP contribution in [0.25, 0.3) is 10.6 Å². The number of pyridine rings is 1. The lowest BCUT2D eigenvalue weighted by molar-refractivity contribution is 0.0706. The van der Waals surface area contributed by atoms with Gasteiger partial charge in [-0.3, -0.25) is 19.3 Å². The summed E-state index contributed by atoms with van der Waals surface area (Å²) in [5, 5.41) is 8.63. The number of nitrogens with one attached hydrogen (secondary N) is 1. The van der Waals surface area contributed by atoms with Crippen molar-refractivity contribution in [3.8, 4) is 10.6 Å². The molecule has 134 valence electrons. The topological polar surface area (TPSA) is 99.6 Å². The second-order valence-electron chi connectivity index (χ2n) is 5.29. The fourth-order valence-electron chi connectivity index (χ4n) is 2.27. The summed E-state index contributed by atoms with van der Waals surface area (Å²) < 4.78 is 27.0. The van der Waals surface area contributed by atoms with Crippen molar-refractivity contribution in [3.63, 3.8) is 0 Å². The SMILES string of the molecule is CN(c1ccc(C(=O)NO)cc1)S(=O)(=O)c1ccc(-c2ccccn2)s1. The Labute approximate surface area is 154 Å². The summed E-state index contributed by atoms with van der Waals surface area (Å²) in [6.45, 7) is 0. The molecule has 0 bridgehead atoms. The molecule has 0 saturated carbocycles. The molecule has 1 aromatic carbocycles. The zero-order valence-corrected chi connectivity index (χ0v) is 15.3. The highest BCUT2D eigenvalue weighted by Gasteiger charge is 2.24. The number of amides is 1. The van der Waals surface area contributed by atoms with Gasteiger partial charge in [0.1, 0.15) is 4.21 Å². The van der Waals surface area contributed by atoms with Gasteiger partial charge in [-0.1, -0.05) is 6.07 Å². The first-order valence-corrected chi connectivity index (χ1v) is 9.74. The van der Waals surface area contributed by atoms with E-state index < -0.39 is 15.9 Å². The van der Waals surface area contributed by atoms with Crippen LogP contribution in [0.3, 0.4) is 0 Å². The second kappa shape index (κ2) is 7.24. The number of hydroxylamine groups is 1. The zero-order chi connectivity index (χ0) is 18.7. The van der Waals surface area contributed by atoms with E-state index in [2.05, 4.69) is 4.98 Å². The van der Waals surface area contributed by atoms with Gasteiger partial charge in [-0.2, -0.15) is 0 Å². The lowest BCUT2D eigenvalue weighted by atomic mass is 10.2. The van der Waals surface area contributed by atoms with Crippen molar-refractivity contribution < 1.29 is 18.4 Å². The number of rotatable bonds is 5. The molecule has 0 aliphatic heterocycles.